The fraction of sp³-hybridized carbons (Fsp3) is 0.333. The summed E-state index contributed by atoms with van der Waals surface area (Å²) in [5.74, 6) is -0.156. The van der Waals surface area contributed by atoms with Crippen LogP contribution in [-0.4, -0.2) is 6.54 Å². The molecule has 1 N–H and O–H groups in total. The number of aryl methyl sites for hydroxylation is 2. The molecule has 0 spiro atoms. The summed E-state index contributed by atoms with van der Waals surface area (Å²) in [6, 6.07) is 11.7. The number of benzene rings is 2. The van der Waals surface area contributed by atoms with Gasteiger partial charge in [-0.15, -0.1) is 0 Å². The maximum Gasteiger partial charge on any atom is 0.126 e. The highest BCUT2D eigenvalue weighted by molar-refractivity contribution is 9.10. The van der Waals surface area contributed by atoms with Crippen molar-refractivity contribution in [3.05, 3.63) is 68.9 Å². The zero-order valence-electron chi connectivity index (χ0n) is 12.7. The molecule has 0 aliphatic heterocycles. The van der Waals surface area contributed by atoms with Crippen LogP contribution in [-0.2, 0) is 0 Å². The third-order valence-electron chi connectivity index (χ3n) is 3.58. The molecule has 0 amide bonds. The van der Waals surface area contributed by atoms with Gasteiger partial charge < -0.3 is 5.32 Å². The molecule has 0 aliphatic carbocycles. The van der Waals surface area contributed by atoms with Gasteiger partial charge in [-0.05, 0) is 55.6 Å². The van der Waals surface area contributed by atoms with Gasteiger partial charge in [-0.25, -0.2) is 4.39 Å². The third-order valence-corrected chi connectivity index (χ3v) is 4.30. The predicted molar refractivity (Wildman–Crippen MR) is 90.2 cm³/mol. The van der Waals surface area contributed by atoms with Crippen LogP contribution in [0.1, 0.15) is 41.6 Å². The van der Waals surface area contributed by atoms with Crippen LogP contribution in [0.3, 0.4) is 0 Å². The first-order chi connectivity index (χ1) is 10.0. The van der Waals surface area contributed by atoms with E-state index >= 15 is 0 Å². The smallest absolute Gasteiger partial charge is 0.126 e. The Morgan fingerprint density at radius 2 is 1.90 bits per heavy atom. The van der Waals surface area contributed by atoms with Gasteiger partial charge in [0.2, 0.25) is 0 Å². The molecule has 0 aliphatic rings. The highest BCUT2D eigenvalue weighted by Crippen LogP contribution is 2.30. The lowest BCUT2D eigenvalue weighted by molar-refractivity contribution is 0.588. The van der Waals surface area contributed by atoms with E-state index in [-0.39, 0.29) is 11.9 Å². The summed E-state index contributed by atoms with van der Waals surface area (Å²) in [6.07, 6.45) is 1.06. The second kappa shape index (κ2) is 7.19. The molecule has 112 valence electrons. The van der Waals surface area contributed by atoms with E-state index in [2.05, 4.69) is 53.3 Å². The minimum atomic E-state index is -0.156. The lowest BCUT2D eigenvalue weighted by Gasteiger charge is -2.22. The van der Waals surface area contributed by atoms with Crippen LogP contribution in [0.2, 0.25) is 0 Å². The number of halogens is 2. The lowest BCUT2D eigenvalue weighted by Crippen LogP contribution is -2.23. The SMILES string of the molecule is CCCNC(c1ccc(F)c(C)c1)c1cc(C)ccc1Br. The van der Waals surface area contributed by atoms with Crippen LogP contribution in [0.4, 0.5) is 4.39 Å². The molecule has 0 saturated carbocycles. The molecule has 0 bridgehead atoms. The fourth-order valence-corrected chi connectivity index (χ4v) is 2.90. The first-order valence-electron chi connectivity index (χ1n) is 7.28. The minimum Gasteiger partial charge on any atom is -0.306 e. The fourth-order valence-electron chi connectivity index (χ4n) is 2.43. The molecule has 2 aromatic carbocycles. The summed E-state index contributed by atoms with van der Waals surface area (Å²) in [5.41, 5.74) is 4.18. The number of hydrogen-bond acceptors (Lipinski definition) is 1. The van der Waals surface area contributed by atoms with Crippen molar-refractivity contribution in [3.63, 3.8) is 0 Å². The Hall–Kier alpha value is -1.19. The van der Waals surface area contributed by atoms with E-state index in [1.807, 2.05) is 12.1 Å². The summed E-state index contributed by atoms with van der Waals surface area (Å²) in [4.78, 5) is 0. The van der Waals surface area contributed by atoms with E-state index in [1.54, 1.807) is 13.0 Å². The molecular formula is C18H21BrFN. The van der Waals surface area contributed by atoms with Gasteiger partial charge in [0.25, 0.3) is 0 Å². The van der Waals surface area contributed by atoms with E-state index in [0.29, 0.717) is 5.56 Å². The Morgan fingerprint density at radius 1 is 1.14 bits per heavy atom. The predicted octanol–water partition coefficient (Wildman–Crippen LogP) is 5.29. The third kappa shape index (κ3) is 3.92. The first-order valence-corrected chi connectivity index (χ1v) is 8.07. The molecule has 1 atom stereocenters. The van der Waals surface area contributed by atoms with Crippen LogP contribution in [0, 0.1) is 19.7 Å². The highest BCUT2D eigenvalue weighted by atomic mass is 79.9. The minimum absolute atomic E-state index is 0.0681. The molecule has 0 aromatic heterocycles. The Bertz CT molecular complexity index is 625. The Labute approximate surface area is 134 Å². The van der Waals surface area contributed by atoms with Gasteiger partial charge in [0.15, 0.2) is 0 Å². The van der Waals surface area contributed by atoms with Gasteiger partial charge in [0.1, 0.15) is 5.82 Å². The van der Waals surface area contributed by atoms with Crippen molar-refractivity contribution >= 4 is 15.9 Å². The summed E-state index contributed by atoms with van der Waals surface area (Å²) >= 11 is 3.64. The van der Waals surface area contributed by atoms with Crippen molar-refractivity contribution in [1.29, 1.82) is 0 Å². The molecule has 0 saturated heterocycles. The first kappa shape index (κ1) is 16.2. The summed E-state index contributed by atoms with van der Waals surface area (Å²) < 4.78 is 14.6. The monoisotopic (exact) mass is 349 g/mol. The van der Waals surface area contributed by atoms with E-state index < -0.39 is 0 Å². The van der Waals surface area contributed by atoms with Crippen LogP contribution in [0.25, 0.3) is 0 Å². The van der Waals surface area contributed by atoms with Crippen molar-refractivity contribution < 1.29 is 4.39 Å². The zero-order chi connectivity index (χ0) is 15.4. The van der Waals surface area contributed by atoms with Gasteiger partial charge in [-0.3, -0.25) is 0 Å². The van der Waals surface area contributed by atoms with Crippen molar-refractivity contribution in [3.8, 4) is 0 Å². The van der Waals surface area contributed by atoms with E-state index in [1.165, 1.54) is 11.1 Å². The van der Waals surface area contributed by atoms with Crippen molar-refractivity contribution in [2.45, 2.75) is 33.2 Å². The standard InChI is InChI=1S/C18H21BrFN/c1-4-9-21-18(14-6-8-17(20)13(3)11-14)15-10-12(2)5-7-16(15)19/h5-8,10-11,18,21H,4,9H2,1-3H3. The largest absolute Gasteiger partial charge is 0.306 e. The molecular weight excluding hydrogens is 329 g/mol. The lowest BCUT2D eigenvalue weighted by atomic mass is 9.96. The summed E-state index contributed by atoms with van der Waals surface area (Å²) in [6.45, 7) is 6.95. The number of rotatable bonds is 5. The molecule has 2 aromatic rings. The molecule has 21 heavy (non-hydrogen) atoms. The van der Waals surface area contributed by atoms with Gasteiger partial charge >= 0.3 is 0 Å². The summed E-state index contributed by atoms with van der Waals surface area (Å²) in [7, 11) is 0. The van der Waals surface area contributed by atoms with Crippen LogP contribution in [0.15, 0.2) is 40.9 Å². The van der Waals surface area contributed by atoms with Crippen molar-refractivity contribution in [2.75, 3.05) is 6.54 Å². The van der Waals surface area contributed by atoms with Gasteiger partial charge in [-0.2, -0.15) is 0 Å². The van der Waals surface area contributed by atoms with E-state index in [9.17, 15) is 4.39 Å². The van der Waals surface area contributed by atoms with Gasteiger partial charge in [0, 0.05) is 4.47 Å². The summed E-state index contributed by atoms with van der Waals surface area (Å²) in [5, 5.41) is 3.56. The van der Waals surface area contributed by atoms with Crippen LogP contribution < -0.4 is 5.32 Å². The second-order valence-electron chi connectivity index (χ2n) is 5.42. The topological polar surface area (TPSA) is 12.0 Å². The van der Waals surface area contributed by atoms with Crippen LogP contribution >= 0.6 is 15.9 Å². The molecule has 0 heterocycles. The maximum atomic E-state index is 13.5. The molecule has 3 heteroatoms. The highest BCUT2D eigenvalue weighted by Gasteiger charge is 2.17. The van der Waals surface area contributed by atoms with E-state index in [4.69, 9.17) is 0 Å². The van der Waals surface area contributed by atoms with Crippen molar-refractivity contribution in [2.24, 2.45) is 0 Å². The second-order valence-corrected chi connectivity index (χ2v) is 6.28. The van der Waals surface area contributed by atoms with Crippen molar-refractivity contribution in [1.82, 2.24) is 5.32 Å². The molecule has 1 unspecified atom stereocenters. The normalized spacial score (nSPS) is 12.4. The average Bonchev–Trinajstić information content (AvgIpc) is 2.46. The van der Waals surface area contributed by atoms with E-state index in [0.717, 1.165) is 23.0 Å². The molecule has 1 nitrogen and oxygen atoms in total. The maximum absolute atomic E-state index is 13.5. The van der Waals surface area contributed by atoms with Gasteiger partial charge in [0.05, 0.1) is 6.04 Å². The molecule has 0 radical (unpaired) electrons. The Morgan fingerprint density at radius 3 is 2.57 bits per heavy atom. The zero-order valence-corrected chi connectivity index (χ0v) is 14.3. The molecule has 2 rings (SSSR count). The quantitative estimate of drug-likeness (QED) is 0.772. The molecule has 0 fully saturated rings. The Kier molecular flexibility index (Phi) is 5.54. The number of hydrogen-bond donors (Lipinski definition) is 1. The van der Waals surface area contributed by atoms with Gasteiger partial charge in [-0.1, -0.05) is 52.7 Å². The van der Waals surface area contributed by atoms with Crippen LogP contribution in [0.5, 0.6) is 0 Å². The number of nitrogens with one attached hydrogen (secondary N) is 1. The Balaban J connectivity index is 2.46. The average molecular weight is 350 g/mol.